The van der Waals surface area contributed by atoms with E-state index in [2.05, 4.69) is 5.32 Å². The van der Waals surface area contributed by atoms with E-state index in [0.29, 0.717) is 23.9 Å². The first-order chi connectivity index (χ1) is 12.0. The van der Waals surface area contributed by atoms with Gasteiger partial charge in [-0.1, -0.05) is 29.8 Å². The van der Waals surface area contributed by atoms with Crippen LogP contribution in [0.1, 0.15) is 5.56 Å². The van der Waals surface area contributed by atoms with Gasteiger partial charge in [0.05, 0.1) is 6.54 Å². The van der Waals surface area contributed by atoms with Crippen LogP contribution in [-0.4, -0.2) is 43.7 Å². The standard InChI is InChI=1S/C19H21ClN2O3/c1-13-7-8-14(9-16(13)20)21-19(23)11-22(2)10-15-12-24-17-5-3-4-6-18(17)25-15/h3-9,15H,10-12H2,1-2H3,(H,21,23). The van der Waals surface area contributed by atoms with Gasteiger partial charge in [-0.05, 0) is 43.8 Å². The zero-order chi connectivity index (χ0) is 17.8. The number of likely N-dealkylation sites (N-methyl/N-ethyl adjacent to an activating group) is 1. The van der Waals surface area contributed by atoms with E-state index in [0.717, 1.165) is 17.1 Å². The number of hydrogen-bond acceptors (Lipinski definition) is 4. The molecule has 1 aliphatic rings. The largest absolute Gasteiger partial charge is 0.486 e. The average Bonchev–Trinajstić information content (AvgIpc) is 2.58. The van der Waals surface area contributed by atoms with Crippen LogP contribution in [0.2, 0.25) is 5.02 Å². The van der Waals surface area contributed by atoms with Crippen molar-refractivity contribution in [3.05, 3.63) is 53.1 Å². The lowest BCUT2D eigenvalue weighted by Crippen LogP contribution is -2.42. The smallest absolute Gasteiger partial charge is 0.238 e. The molecule has 6 heteroatoms. The Labute approximate surface area is 152 Å². The molecule has 1 atom stereocenters. The second kappa shape index (κ2) is 7.76. The van der Waals surface area contributed by atoms with Crippen molar-refractivity contribution in [1.29, 1.82) is 0 Å². The number of hydrogen-bond donors (Lipinski definition) is 1. The molecule has 0 fully saturated rings. The van der Waals surface area contributed by atoms with E-state index in [1.165, 1.54) is 0 Å². The van der Waals surface area contributed by atoms with E-state index >= 15 is 0 Å². The molecule has 0 saturated carbocycles. The number of nitrogens with one attached hydrogen (secondary N) is 1. The molecule has 0 bridgehead atoms. The Kier molecular flexibility index (Phi) is 5.46. The van der Waals surface area contributed by atoms with E-state index in [1.54, 1.807) is 6.07 Å². The van der Waals surface area contributed by atoms with Crippen LogP contribution in [0.4, 0.5) is 5.69 Å². The molecular weight excluding hydrogens is 340 g/mol. The maximum absolute atomic E-state index is 12.2. The number of carbonyl (C=O) groups is 1. The molecule has 0 aromatic heterocycles. The van der Waals surface area contributed by atoms with Crippen molar-refractivity contribution in [2.75, 3.05) is 32.1 Å². The number of benzene rings is 2. The first-order valence-corrected chi connectivity index (χ1v) is 8.52. The van der Waals surface area contributed by atoms with E-state index < -0.39 is 0 Å². The highest BCUT2D eigenvalue weighted by molar-refractivity contribution is 6.31. The molecule has 1 unspecified atom stereocenters. The van der Waals surface area contributed by atoms with E-state index in [9.17, 15) is 4.79 Å². The van der Waals surface area contributed by atoms with Crippen LogP contribution in [0, 0.1) is 6.92 Å². The van der Waals surface area contributed by atoms with E-state index in [1.807, 2.05) is 55.3 Å². The van der Waals surface area contributed by atoms with Gasteiger partial charge in [0.25, 0.3) is 0 Å². The van der Waals surface area contributed by atoms with Crippen LogP contribution < -0.4 is 14.8 Å². The minimum Gasteiger partial charge on any atom is -0.486 e. The molecule has 0 saturated heterocycles. The number of ether oxygens (including phenoxy) is 2. The zero-order valence-corrected chi connectivity index (χ0v) is 15.0. The molecule has 2 aromatic rings. The van der Waals surface area contributed by atoms with Gasteiger partial charge in [-0.2, -0.15) is 0 Å². The van der Waals surface area contributed by atoms with E-state index in [-0.39, 0.29) is 18.6 Å². The van der Waals surface area contributed by atoms with Crippen molar-refractivity contribution in [3.63, 3.8) is 0 Å². The first-order valence-electron chi connectivity index (χ1n) is 8.14. The van der Waals surface area contributed by atoms with Crippen molar-refractivity contribution >= 4 is 23.2 Å². The summed E-state index contributed by atoms with van der Waals surface area (Å²) in [6.07, 6.45) is -0.110. The molecule has 1 N–H and O–H groups in total. The Morgan fingerprint density at radius 2 is 2.04 bits per heavy atom. The highest BCUT2D eigenvalue weighted by Gasteiger charge is 2.22. The molecule has 1 heterocycles. The predicted molar refractivity (Wildman–Crippen MR) is 98.7 cm³/mol. The fraction of sp³-hybridized carbons (Fsp3) is 0.316. The third-order valence-corrected chi connectivity index (χ3v) is 4.36. The van der Waals surface area contributed by atoms with Gasteiger partial charge in [-0.25, -0.2) is 0 Å². The van der Waals surface area contributed by atoms with Crippen LogP contribution in [0.3, 0.4) is 0 Å². The van der Waals surface area contributed by atoms with Crippen molar-refractivity contribution in [3.8, 4) is 11.5 Å². The Bertz CT molecular complexity index is 766. The molecule has 0 aliphatic carbocycles. The van der Waals surface area contributed by atoms with Crippen LogP contribution in [0.15, 0.2) is 42.5 Å². The third kappa shape index (κ3) is 4.65. The highest BCUT2D eigenvalue weighted by atomic mass is 35.5. The van der Waals surface area contributed by atoms with Gasteiger partial charge in [0.2, 0.25) is 5.91 Å². The van der Waals surface area contributed by atoms with Gasteiger partial charge in [0, 0.05) is 17.3 Å². The predicted octanol–water partition coefficient (Wildman–Crippen LogP) is 3.36. The van der Waals surface area contributed by atoms with Crippen molar-refractivity contribution in [2.45, 2.75) is 13.0 Å². The molecule has 1 aliphatic heterocycles. The number of rotatable bonds is 5. The SMILES string of the molecule is Cc1ccc(NC(=O)CN(C)CC2COc3ccccc3O2)cc1Cl. The lowest BCUT2D eigenvalue weighted by Gasteiger charge is -2.29. The zero-order valence-electron chi connectivity index (χ0n) is 14.3. The summed E-state index contributed by atoms with van der Waals surface area (Å²) in [6.45, 7) is 3.24. The average molecular weight is 361 g/mol. The summed E-state index contributed by atoms with van der Waals surface area (Å²) in [5.41, 5.74) is 1.67. The molecule has 25 heavy (non-hydrogen) atoms. The first kappa shape index (κ1) is 17.6. The quantitative estimate of drug-likeness (QED) is 0.888. The summed E-state index contributed by atoms with van der Waals surface area (Å²) in [7, 11) is 1.88. The van der Waals surface area contributed by atoms with E-state index in [4.69, 9.17) is 21.1 Å². The Morgan fingerprint density at radius 3 is 2.80 bits per heavy atom. The topological polar surface area (TPSA) is 50.8 Å². The molecule has 0 radical (unpaired) electrons. The second-order valence-corrected chi connectivity index (χ2v) is 6.61. The maximum Gasteiger partial charge on any atom is 0.238 e. The van der Waals surface area contributed by atoms with Crippen LogP contribution in [-0.2, 0) is 4.79 Å². The Hall–Kier alpha value is -2.24. The summed E-state index contributed by atoms with van der Waals surface area (Å²) in [5, 5.41) is 3.49. The maximum atomic E-state index is 12.2. The summed E-state index contributed by atoms with van der Waals surface area (Å²) in [6, 6.07) is 13.1. The number of halogens is 1. The summed E-state index contributed by atoms with van der Waals surface area (Å²) < 4.78 is 11.6. The molecule has 5 nitrogen and oxygen atoms in total. The third-order valence-electron chi connectivity index (χ3n) is 3.95. The minimum atomic E-state index is -0.110. The Balaban J connectivity index is 1.50. The molecule has 2 aromatic carbocycles. The van der Waals surface area contributed by atoms with Gasteiger partial charge >= 0.3 is 0 Å². The molecule has 1 amide bonds. The van der Waals surface area contributed by atoms with Crippen LogP contribution >= 0.6 is 11.6 Å². The number of aryl methyl sites for hydroxylation is 1. The van der Waals surface area contributed by atoms with Gasteiger partial charge in [0.1, 0.15) is 12.7 Å². The molecule has 0 spiro atoms. The van der Waals surface area contributed by atoms with Crippen molar-refractivity contribution in [1.82, 2.24) is 4.90 Å². The summed E-state index contributed by atoms with van der Waals surface area (Å²) >= 11 is 6.08. The minimum absolute atomic E-state index is 0.0976. The van der Waals surface area contributed by atoms with Crippen molar-refractivity contribution in [2.24, 2.45) is 0 Å². The van der Waals surface area contributed by atoms with Gasteiger partial charge in [-0.15, -0.1) is 0 Å². The van der Waals surface area contributed by atoms with Crippen LogP contribution in [0.5, 0.6) is 11.5 Å². The number of para-hydroxylation sites is 2. The van der Waals surface area contributed by atoms with Gasteiger partial charge in [-0.3, -0.25) is 9.69 Å². The highest BCUT2D eigenvalue weighted by Crippen LogP contribution is 2.30. The normalized spacial score (nSPS) is 15.9. The monoisotopic (exact) mass is 360 g/mol. The second-order valence-electron chi connectivity index (χ2n) is 6.21. The number of carbonyl (C=O) groups excluding carboxylic acids is 1. The van der Waals surface area contributed by atoms with Crippen LogP contribution in [0.25, 0.3) is 0 Å². The molecule has 3 rings (SSSR count). The lowest BCUT2D eigenvalue weighted by molar-refractivity contribution is -0.117. The number of anilines is 1. The Morgan fingerprint density at radius 1 is 1.28 bits per heavy atom. The fourth-order valence-electron chi connectivity index (χ4n) is 2.68. The number of amides is 1. The lowest BCUT2D eigenvalue weighted by atomic mass is 10.2. The molecular formula is C19H21ClN2O3. The number of fused-ring (bicyclic) bond motifs is 1. The fourth-order valence-corrected chi connectivity index (χ4v) is 2.86. The van der Waals surface area contributed by atoms with Gasteiger partial charge in [0.15, 0.2) is 11.5 Å². The van der Waals surface area contributed by atoms with Crippen molar-refractivity contribution < 1.29 is 14.3 Å². The molecule has 132 valence electrons. The summed E-state index contributed by atoms with van der Waals surface area (Å²) in [5.74, 6) is 1.40. The number of nitrogens with zero attached hydrogens (tertiary/aromatic N) is 1. The van der Waals surface area contributed by atoms with Gasteiger partial charge < -0.3 is 14.8 Å². The summed E-state index contributed by atoms with van der Waals surface area (Å²) in [4.78, 5) is 14.1.